The van der Waals surface area contributed by atoms with Crippen molar-refractivity contribution in [3.05, 3.63) is 65.7 Å². The average molecular weight is 294 g/mol. The molecule has 0 fully saturated rings. The van der Waals surface area contributed by atoms with E-state index in [1.165, 1.54) is 0 Å². The van der Waals surface area contributed by atoms with Gasteiger partial charge in [-0.25, -0.2) is 0 Å². The molecule has 22 heavy (non-hydrogen) atoms. The highest BCUT2D eigenvalue weighted by molar-refractivity contribution is 6.23. The lowest BCUT2D eigenvalue weighted by Gasteiger charge is -2.21. The van der Waals surface area contributed by atoms with Gasteiger partial charge < -0.3 is 5.32 Å². The Kier molecular flexibility index (Phi) is 3.47. The van der Waals surface area contributed by atoms with Crippen LogP contribution in [0, 0.1) is 0 Å². The van der Waals surface area contributed by atoms with E-state index >= 15 is 0 Å². The van der Waals surface area contributed by atoms with Gasteiger partial charge in [-0.2, -0.15) is 0 Å². The SMILES string of the molecule is C[C@H](C(=O)Nc1ccccc1)N1C(=O)c2ccccc2C1=O. The molecular weight excluding hydrogens is 280 g/mol. The Morgan fingerprint density at radius 2 is 1.41 bits per heavy atom. The first-order valence-electron chi connectivity index (χ1n) is 6.92. The Morgan fingerprint density at radius 1 is 0.909 bits per heavy atom. The number of fused-ring (bicyclic) bond motifs is 1. The van der Waals surface area contributed by atoms with Crippen molar-refractivity contribution in [3.8, 4) is 0 Å². The van der Waals surface area contributed by atoms with Crippen LogP contribution in [0.25, 0.3) is 0 Å². The van der Waals surface area contributed by atoms with Gasteiger partial charge >= 0.3 is 0 Å². The number of hydrogen-bond acceptors (Lipinski definition) is 3. The second kappa shape index (κ2) is 5.44. The maximum atomic E-state index is 12.3. The van der Waals surface area contributed by atoms with Crippen molar-refractivity contribution in [1.29, 1.82) is 0 Å². The lowest BCUT2D eigenvalue weighted by molar-refractivity contribution is -0.119. The summed E-state index contributed by atoms with van der Waals surface area (Å²) in [7, 11) is 0. The first-order chi connectivity index (χ1) is 10.6. The van der Waals surface area contributed by atoms with E-state index in [2.05, 4.69) is 5.32 Å². The first kappa shape index (κ1) is 14.0. The molecule has 0 spiro atoms. The zero-order chi connectivity index (χ0) is 15.7. The standard InChI is InChI=1S/C17H14N2O3/c1-11(15(20)18-12-7-3-2-4-8-12)19-16(21)13-9-5-6-10-14(13)17(19)22/h2-11H,1H3,(H,18,20)/t11-/m1/s1. The van der Waals surface area contributed by atoms with Gasteiger partial charge in [0.15, 0.2) is 0 Å². The highest BCUT2D eigenvalue weighted by atomic mass is 16.2. The number of hydrogen-bond donors (Lipinski definition) is 1. The van der Waals surface area contributed by atoms with Crippen molar-refractivity contribution in [3.63, 3.8) is 0 Å². The van der Waals surface area contributed by atoms with Crippen LogP contribution < -0.4 is 5.32 Å². The fraction of sp³-hybridized carbons (Fsp3) is 0.118. The molecular formula is C17H14N2O3. The minimum absolute atomic E-state index is 0.340. The third-order valence-corrected chi connectivity index (χ3v) is 3.63. The van der Waals surface area contributed by atoms with E-state index in [1.54, 1.807) is 55.5 Å². The Morgan fingerprint density at radius 3 is 1.95 bits per heavy atom. The molecule has 2 aromatic carbocycles. The van der Waals surface area contributed by atoms with Crippen molar-refractivity contribution in [2.75, 3.05) is 5.32 Å². The van der Waals surface area contributed by atoms with Gasteiger partial charge in [0.2, 0.25) is 5.91 Å². The van der Waals surface area contributed by atoms with E-state index in [1.807, 2.05) is 6.07 Å². The number of amides is 3. The lowest BCUT2D eigenvalue weighted by Crippen LogP contribution is -2.45. The van der Waals surface area contributed by atoms with Gasteiger partial charge in [-0.1, -0.05) is 30.3 Å². The van der Waals surface area contributed by atoms with Crippen LogP contribution in [0.5, 0.6) is 0 Å². The normalized spacial score (nSPS) is 14.7. The van der Waals surface area contributed by atoms with E-state index in [4.69, 9.17) is 0 Å². The molecule has 5 nitrogen and oxygen atoms in total. The number of nitrogens with zero attached hydrogens (tertiary/aromatic N) is 1. The van der Waals surface area contributed by atoms with Crippen LogP contribution in [0.1, 0.15) is 27.6 Å². The maximum absolute atomic E-state index is 12.3. The first-order valence-corrected chi connectivity index (χ1v) is 6.92. The van der Waals surface area contributed by atoms with Gasteiger partial charge in [0.05, 0.1) is 11.1 Å². The maximum Gasteiger partial charge on any atom is 0.262 e. The lowest BCUT2D eigenvalue weighted by atomic mass is 10.1. The van der Waals surface area contributed by atoms with Gasteiger partial charge in [0.25, 0.3) is 11.8 Å². The number of nitrogens with one attached hydrogen (secondary N) is 1. The molecule has 1 atom stereocenters. The predicted octanol–water partition coefficient (Wildman–Crippen LogP) is 2.31. The molecule has 3 rings (SSSR count). The third-order valence-electron chi connectivity index (χ3n) is 3.63. The summed E-state index contributed by atoms with van der Waals surface area (Å²) in [6.45, 7) is 1.54. The molecule has 0 unspecified atom stereocenters. The third kappa shape index (κ3) is 2.26. The summed E-state index contributed by atoms with van der Waals surface area (Å²) in [5, 5.41) is 2.70. The number of rotatable bonds is 3. The van der Waals surface area contributed by atoms with Gasteiger partial charge in [-0.05, 0) is 31.2 Å². The molecule has 2 aromatic rings. The molecule has 1 aliphatic heterocycles. The van der Waals surface area contributed by atoms with Crippen LogP contribution in [0.2, 0.25) is 0 Å². The second-order valence-electron chi connectivity index (χ2n) is 5.06. The summed E-state index contributed by atoms with van der Waals surface area (Å²) in [6, 6.07) is 14.6. The largest absolute Gasteiger partial charge is 0.324 e. The number of imide groups is 1. The molecule has 1 N–H and O–H groups in total. The van der Waals surface area contributed by atoms with Crippen molar-refractivity contribution in [1.82, 2.24) is 4.90 Å². The fourth-order valence-corrected chi connectivity index (χ4v) is 2.45. The quantitative estimate of drug-likeness (QED) is 0.883. The summed E-state index contributed by atoms with van der Waals surface area (Å²) in [5.41, 5.74) is 1.30. The average Bonchev–Trinajstić information content (AvgIpc) is 2.79. The van der Waals surface area contributed by atoms with E-state index in [9.17, 15) is 14.4 Å². The van der Waals surface area contributed by atoms with Gasteiger partial charge in [-0.15, -0.1) is 0 Å². The molecule has 0 saturated carbocycles. The fourth-order valence-electron chi connectivity index (χ4n) is 2.45. The topological polar surface area (TPSA) is 66.5 Å². The Hall–Kier alpha value is -2.95. The van der Waals surface area contributed by atoms with Crippen molar-refractivity contribution in [2.45, 2.75) is 13.0 Å². The molecule has 3 amide bonds. The van der Waals surface area contributed by atoms with Crippen LogP contribution in [0.3, 0.4) is 0 Å². The highest BCUT2D eigenvalue weighted by Crippen LogP contribution is 2.24. The van der Waals surface area contributed by atoms with Crippen LogP contribution >= 0.6 is 0 Å². The van der Waals surface area contributed by atoms with Crippen molar-refractivity contribution < 1.29 is 14.4 Å². The molecule has 0 saturated heterocycles. The number of carbonyl (C=O) groups is 3. The summed E-state index contributed by atoms with van der Waals surface area (Å²) >= 11 is 0. The zero-order valence-electron chi connectivity index (χ0n) is 11.9. The Labute approximate surface area is 127 Å². The number of benzene rings is 2. The summed E-state index contributed by atoms with van der Waals surface area (Å²) in [4.78, 5) is 37.9. The summed E-state index contributed by atoms with van der Waals surface area (Å²) < 4.78 is 0. The number of carbonyl (C=O) groups excluding carboxylic acids is 3. The van der Waals surface area contributed by atoms with Gasteiger partial charge in [0, 0.05) is 5.69 Å². The molecule has 1 heterocycles. The monoisotopic (exact) mass is 294 g/mol. The molecule has 0 radical (unpaired) electrons. The Bertz CT molecular complexity index is 721. The van der Waals surface area contributed by atoms with E-state index in [0.29, 0.717) is 16.8 Å². The van der Waals surface area contributed by atoms with E-state index in [0.717, 1.165) is 4.90 Å². The van der Waals surface area contributed by atoms with Gasteiger partial charge in [-0.3, -0.25) is 19.3 Å². The summed E-state index contributed by atoms with van der Waals surface area (Å²) in [6.07, 6.45) is 0. The van der Waals surface area contributed by atoms with Crippen LogP contribution in [-0.2, 0) is 4.79 Å². The number of anilines is 1. The molecule has 0 aliphatic carbocycles. The molecule has 5 heteroatoms. The minimum Gasteiger partial charge on any atom is -0.324 e. The zero-order valence-corrected chi connectivity index (χ0v) is 11.9. The van der Waals surface area contributed by atoms with E-state index in [-0.39, 0.29) is 0 Å². The molecule has 1 aliphatic rings. The second-order valence-corrected chi connectivity index (χ2v) is 5.06. The van der Waals surface area contributed by atoms with Crippen molar-refractivity contribution >= 4 is 23.4 Å². The van der Waals surface area contributed by atoms with Crippen LogP contribution in [-0.4, -0.2) is 28.7 Å². The van der Waals surface area contributed by atoms with Gasteiger partial charge in [0.1, 0.15) is 6.04 Å². The van der Waals surface area contributed by atoms with Crippen LogP contribution in [0.4, 0.5) is 5.69 Å². The highest BCUT2D eigenvalue weighted by Gasteiger charge is 2.40. The van der Waals surface area contributed by atoms with Crippen LogP contribution in [0.15, 0.2) is 54.6 Å². The predicted molar refractivity (Wildman–Crippen MR) is 81.5 cm³/mol. The summed E-state index contributed by atoms with van der Waals surface area (Å²) in [5.74, 6) is -1.27. The van der Waals surface area contributed by atoms with Crippen molar-refractivity contribution in [2.24, 2.45) is 0 Å². The molecule has 0 aromatic heterocycles. The number of para-hydroxylation sites is 1. The van der Waals surface area contributed by atoms with E-state index < -0.39 is 23.8 Å². The minimum atomic E-state index is -0.882. The Balaban J connectivity index is 1.81. The molecule has 0 bridgehead atoms. The smallest absolute Gasteiger partial charge is 0.262 e. The molecule has 110 valence electrons.